The fraction of sp³-hybridized carbons (Fsp3) is 0.259. The van der Waals surface area contributed by atoms with Gasteiger partial charge in [-0.05, 0) is 29.3 Å². The molecule has 1 aliphatic heterocycles. The predicted molar refractivity (Wildman–Crippen MR) is 132 cm³/mol. The lowest BCUT2D eigenvalue weighted by molar-refractivity contribution is -0.118. The lowest BCUT2D eigenvalue weighted by Gasteiger charge is -2.29. The van der Waals surface area contributed by atoms with Crippen LogP contribution in [-0.4, -0.2) is 44.3 Å². The summed E-state index contributed by atoms with van der Waals surface area (Å²) >= 11 is 0. The number of anilines is 2. The Morgan fingerprint density at radius 1 is 0.943 bits per heavy atom. The molecule has 0 saturated carbocycles. The zero-order valence-electron chi connectivity index (χ0n) is 19.3. The molecule has 3 aromatic rings. The Labute approximate surface area is 203 Å². The number of alkyl carbamates (subject to hydrolysis) is 1. The Hall–Kier alpha value is -3.91. The average molecular weight is 478 g/mol. The summed E-state index contributed by atoms with van der Waals surface area (Å²) in [7, 11) is 0. The maximum absolute atomic E-state index is 14.8. The molecule has 35 heavy (non-hydrogen) atoms. The third-order valence-corrected chi connectivity index (χ3v) is 5.67. The van der Waals surface area contributed by atoms with Crippen molar-refractivity contribution in [1.82, 2.24) is 5.32 Å². The van der Waals surface area contributed by atoms with Crippen LogP contribution >= 0.6 is 0 Å². The third-order valence-electron chi connectivity index (χ3n) is 5.67. The summed E-state index contributed by atoms with van der Waals surface area (Å²) in [4.78, 5) is 27.5. The largest absolute Gasteiger partial charge is 0.445 e. The molecular formula is C27H28FN3O4. The molecule has 4 rings (SSSR count). The van der Waals surface area contributed by atoms with Gasteiger partial charge in [0.25, 0.3) is 0 Å². The molecule has 7 nitrogen and oxygen atoms in total. The average Bonchev–Trinajstić information content (AvgIpc) is 2.89. The molecule has 0 radical (unpaired) electrons. The molecule has 1 aliphatic rings. The minimum atomic E-state index is -0.914. The van der Waals surface area contributed by atoms with Crippen molar-refractivity contribution >= 4 is 23.4 Å². The fourth-order valence-electron chi connectivity index (χ4n) is 3.84. The number of halogens is 1. The van der Waals surface area contributed by atoms with E-state index in [4.69, 9.17) is 9.47 Å². The van der Waals surface area contributed by atoms with Gasteiger partial charge in [0.15, 0.2) is 0 Å². The van der Waals surface area contributed by atoms with Crippen molar-refractivity contribution in [3.05, 3.63) is 95.8 Å². The molecule has 1 saturated heterocycles. The van der Waals surface area contributed by atoms with Gasteiger partial charge in [0.1, 0.15) is 18.5 Å². The van der Waals surface area contributed by atoms with E-state index >= 15 is 0 Å². The Kier molecular flexibility index (Phi) is 8.30. The summed E-state index contributed by atoms with van der Waals surface area (Å²) in [5, 5.41) is 5.36. The van der Waals surface area contributed by atoms with Gasteiger partial charge >= 0.3 is 6.09 Å². The van der Waals surface area contributed by atoms with E-state index in [9.17, 15) is 14.0 Å². The number of carbonyl (C=O) groups excluding carboxylic acids is 2. The number of nitrogens with zero attached hydrogens (tertiary/aromatic N) is 1. The molecular weight excluding hydrogens is 449 g/mol. The monoisotopic (exact) mass is 477 g/mol. The van der Waals surface area contributed by atoms with Crippen molar-refractivity contribution in [2.75, 3.05) is 36.5 Å². The van der Waals surface area contributed by atoms with Crippen molar-refractivity contribution in [3.8, 4) is 0 Å². The second-order valence-corrected chi connectivity index (χ2v) is 8.20. The molecule has 2 N–H and O–H groups in total. The van der Waals surface area contributed by atoms with E-state index in [2.05, 4.69) is 10.6 Å². The van der Waals surface area contributed by atoms with Crippen LogP contribution in [0.5, 0.6) is 0 Å². The van der Waals surface area contributed by atoms with Crippen molar-refractivity contribution < 1.29 is 23.5 Å². The molecule has 182 valence electrons. The first-order chi connectivity index (χ1) is 17.1. The smallest absolute Gasteiger partial charge is 0.408 e. The van der Waals surface area contributed by atoms with Gasteiger partial charge < -0.3 is 25.0 Å². The molecule has 3 aromatic carbocycles. The van der Waals surface area contributed by atoms with E-state index in [-0.39, 0.29) is 13.0 Å². The first kappa shape index (κ1) is 24.2. The molecule has 0 aromatic heterocycles. The molecule has 0 unspecified atom stereocenters. The summed E-state index contributed by atoms with van der Waals surface area (Å²) in [6.07, 6.45) is -0.458. The number of amides is 2. The van der Waals surface area contributed by atoms with Crippen LogP contribution in [0, 0.1) is 5.82 Å². The molecule has 0 bridgehead atoms. The number of morpholine rings is 1. The molecule has 2 amide bonds. The standard InChI is InChI=1S/C27H28FN3O4/c28-23-18-22(11-12-25(23)31-13-15-34-16-14-31)29-26(32)24(17-20-7-3-1-4-8-20)30-27(33)35-19-21-9-5-2-6-10-21/h1-12,18,24H,13-17,19H2,(H,29,32)(H,30,33)/t24-/m0/s1. The van der Waals surface area contributed by atoms with Gasteiger partial charge in [0, 0.05) is 25.2 Å². The lowest BCUT2D eigenvalue weighted by Crippen LogP contribution is -2.45. The third kappa shape index (κ3) is 7.04. The number of rotatable bonds is 8. The fourth-order valence-corrected chi connectivity index (χ4v) is 3.84. The Morgan fingerprint density at radius 2 is 1.60 bits per heavy atom. The van der Waals surface area contributed by atoms with Crippen LogP contribution in [0.2, 0.25) is 0 Å². The Bertz CT molecular complexity index is 1120. The lowest BCUT2D eigenvalue weighted by atomic mass is 10.1. The van der Waals surface area contributed by atoms with Crippen LogP contribution in [0.15, 0.2) is 78.9 Å². The summed E-state index contributed by atoms with van der Waals surface area (Å²) in [5.74, 6) is -0.899. The molecule has 1 heterocycles. The van der Waals surface area contributed by atoms with E-state index in [0.29, 0.717) is 37.7 Å². The highest BCUT2D eigenvalue weighted by Gasteiger charge is 2.23. The maximum Gasteiger partial charge on any atom is 0.408 e. The second-order valence-electron chi connectivity index (χ2n) is 8.20. The SMILES string of the molecule is O=C(N[C@@H](Cc1ccccc1)C(=O)Nc1ccc(N2CCOCC2)c(F)c1)OCc1ccccc1. The van der Waals surface area contributed by atoms with Crippen LogP contribution < -0.4 is 15.5 Å². The van der Waals surface area contributed by atoms with Gasteiger partial charge in [0.05, 0.1) is 18.9 Å². The highest BCUT2D eigenvalue weighted by molar-refractivity contribution is 5.97. The zero-order valence-corrected chi connectivity index (χ0v) is 19.3. The number of ether oxygens (including phenoxy) is 2. The zero-order chi connectivity index (χ0) is 24.5. The highest BCUT2D eigenvalue weighted by Crippen LogP contribution is 2.24. The first-order valence-corrected chi connectivity index (χ1v) is 11.5. The minimum Gasteiger partial charge on any atom is -0.445 e. The van der Waals surface area contributed by atoms with E-state index in [1.165, 1.54) is 6.07 Å². The van der Waals surface area contributed by atoms with Crippen molar-refractivity contribution in [2.24, 2.45) is 0 Å². The van der Waals surface area contributed by atoms with Crippen LogP contribution in [0.25, 0.3) is 0 Å². The van der Waals surface area contributed by atoms with Crippen LogP contribution in [0.3, 0.4) is 0 Å². The summed E-state index contributed by atoms with van der Waals surface area (Å²) < 4.78 is 25.4. The van der Waals surface area contributed by atoms with Crippen molar-refractivity contribution in [1.29, 1.82) is 0 Å². The minimum absolute atomic E-state index is 0.0839. The Balaban J connectivity index is 1.42. The molecule has 1 fully saturated rings. The van der Waals surface area contributed by atoms with Gasteiger partial charge in [-0.15, -0.1) is 0 Å². The quantitative estimate of drug-likeness (QED) is 0.510. The topological polar surface area (TPSA) is 79.9 Å². The maximum atomic E-state index is 14.8. The summed E-state index contributed by atoms with van der Waals surface area (Å²) in [6, 6.07) is 22.3. The molecule has 1 atom stereocenters. The van der Waals surface area contributed by atoms with Crippen LogP contribution in [0.4, 0.5) is 20.6 Å². The summed E-state index contributed by atoms with van der Waals surface area (Å²) in [5.41, 5.74) is 2.48. The molecule has 8 heteroatoms. The van der Waals surface area contributed by atoms with E-state index in [1.54, 1.807) is 12.1 Å². The number of hydrogen-bond donors (Lipinski definition) is 2. The second kappa shape index (κ2) is 12.0. The molecule has 0 spiro atoms. The van der Waals surface area contributed by atoms with E-state index < -0.39 is 23.9 Å². The molecule has 0 aliphatic carbocycles. The van der Waals surface area contributed by atoms with Gasteiger partial charge in [-0.1, -0.05) is 60.7 Å². The van der Waals surface area contributed by atoms with Crippen LogP contribution in [-0.2, 0) is 27.3 Å². The van der Waals surface area contributed by atoms with Crippen molar-refractivity contribution in [3.63, 3.8) is 0 Å². The Morgan fingerprint density at radius 3 is 2.26 bits per heavy atom. The van der Waals surface area contributed by atoms with E-state index in [1.807, 2.05) is 65.6 Å². The van der Waals surface area contributed by atoms with Gasteiger partial charge in [0.2, 0.25) is 5.91 Å². The highest BCUT2D eigenvalue weighted by atomic mass is 19.1. The van der Waals surface area contributed by atoms with Gasteiger partial charge in [-0.2, -0.15) is 0 Å². The predicted octanol–water partition coefficient (Wildman–Crippen LogP) is 4.14. The van der Waals surface area contributed by atoms with Gasteiger partial charge in [-0.3, -0.25) is 4.79 Å². The normalized spacial score (nSPS) is 14.1. The van der Waals surface area contributed by atoms with Gasteiger partial charge in [-0.25, -0.2) is 9.18 Å². The van der Waals surface area contributed by atoms with Crippen LogP contribution in [0.1, 0.15) is 11.1 Å². The number of carbonyl (C=O) groups is 2. The summed E-state index contributed by atoms with van der Waals surface area (Å²) in [6.45, 7) is 2.39. The van der Waals surface area contributed by atoms with E-state index in [0.717, 1.165) is 11.1 Å². The number of benzene rings is 3. The number of nitrogens with one attached hydrogen (secondary N) is 2. The number of hydrogen-bond acceptors (Lipinski definition) is 5. The van der Waals surface area contributed by atoms with Crippen molar-refractivity contribution in [2.45, 2.75) is 19.1 Å². The first-order valence-electron chi connectivity index (χ1n) is 11.5.